The standard InChI is InChI=1S/C24H43N5O9/c1-3-4-13-25-19(31)7-5-14-26-21(33)12-10-18(24(37)38)29-22(34)8-6-15-27-20(32)11-9-17(23(35)36)28-16(2)30/h16-18,28,30H,3-15H2,1-2H3,(H,25,31)(H,26,33)(H,27,32)(H,29,34)(H,35,36)(H,37,38). The van der Waals surface area contributed by atoms with Gasteiger partial charge in [0.15, 0.2) is 0 Å². The molecular formula is C24H43N5O9. The molecule has 0 bridgehead atoms. The molecule has 0 aliphatic heterocycles. The smallest absolute Gasteiger partial charge is 0.326 e. The van der Waals surface area contributed by atoms with Crippen molar-refractivity contribution >= 4 is 35.6 Å². The van der Waals surface area contributed by atoms with Gasteiger partial charge in [-0.3, -0.25) is 29.3 Å². The molecule has 0 saturated heterocycles. The molecule has 4 amide bonds. The average Bonchev–Trinajstić information content (AvgIpc) is 2.84. The summed E-state index contributed by atoms with van der Waals surface area (Å²) in [5, 5.41) is 40.3. The Labute approximate surface area is 222 Å². The average molecular weight is 546 g/mol. The van der Waals surface area contributed by atoms with E-state index in [1.165, 1.54) is 6.92 Å². The van der Waals surface area contributed by atoms with Crippen LogP contribution < -0.4 is 26.6 Å². The molecule has 38 heavy (non-hydrogen) atoms. The lowest BCUT2D eigenvalue weighted by Gasteiger charge is -2.16. The summed E-state index contributed by atoms with van der Waals surface area (Å²) in [6, 6.07) is -2.33. The van der Waals surface area contributed by atoms with Crippen LogP contribution in [0.25, 0.3) is 0 Å². The maximum atomic E-state index is 12.1. The van der Waals surface area contributed by atoms with Gasteiger partial charge in [-0.1, -0.05) is 13.3 Å². The highest BCUT2D eigenvalue weighted by Crippen LogP contribution is 2.02. The van der Waals surface area contributed by atoms with Gasteiger partial charge in [-0.25, -0.2) is 4.79 Å². The summed E-state index contributed by atoms with van der Waals surface area (Å²) in [5.41, 5.74) is 0. The molecule has 0 rings (SSSR count). The van der Waals surface area contributed by atoms with Crippen LogP contribution in [0, 0.1) is 0 Å². The lowest BCUT2D eigenvalue weighted by Crippen LogP contribution is -2.43. The maximum absolute atomic E-state index is 12.1. The minimum Gasteiger partial charge on any atom is -0.480 e. The van der Waals surface area contributed by atoms with Crippen LogP contribution in [0.1, 0.15) is 78.1 Å². The second kappa shape index (κ2) is 20.8. The largest absolute Gasteiger partial charge is 0.480 e. The maximum Gasteiger partial charge on any atom is 0.326 e. The molecule has 3 unspecified atom stereocenters. The van der Waals surface area contributed by atoms with Crippen LogP contribution in [0.4, 0.5) is 0 Å². The van der Waals surface area contributed by atoms with Gasteiger partial charge in [0.25, 0.3) is 0 Å². The third kappa shape index (κ3) is 18.9. The van der Waals surface area contributed by atoms with Crippen molar-refractivity contribution in [2.45, 2.75) is 96.4 Å². The summed E-state index contributed by atoms with van der Waals surface area (Å²) in [7, 11) is 0. The summed E-state index contributed by atoms with van der Waals surface area (Å²) < 4.78 is 0. The predicted molar refractivity (Wildman–Crippen MR) is 137 cm³/mol. The van der Waals surface area contributed by atoms with Gasteiger partial charge in [0.1, 0.15) is 18.3 Å². The van der Waals surface area contributed by atoms with Crippen molar-refractivity contribution in [3.8, 4) is 0 Å². The molecule has 14 nitrogen and oxygen atoms in total. The minimum absolute atomic E-state index is 0.0329. The van der Waals surface area contributed by atoms with Crippen LogP contribution in [0.2, 0.25) is 0 Å². The number of nitrogens with one attached hydrogen (secondary N) is 5. The molecule has 0 aromatic rings. The summed E-state index contributed by atoms with van der Waals surface area (Å²) in [5.74, 6) is -3.90. The van der Waals surface area contributed by atoms with Gasteiger partial charge in [-0.05, 0) is 39.0 Å². The first-order valence-electron chi connectivity index (χ1n) is 12.9. The predicted octanol–water partition coefficient (Wildman–Crippen LogP) is -0.794. The molecule has 0 saturated carbocycles. The van der Waals surface area contributed by atoms with Crippen LogP contribution in [-0.4, -0.2) is 88.8 Å². The first-order chi connectivity index (χ1) is 18.0. The van der Waals surface area contributed by atoms with Gasteiger partial charge >= 0.3 is 11.9 Å². The monoisotopic (exact) mass is 545 g/mol. The van der Waals surface area contributed by atoms with Gasteiger partial charge in [-0.2, -0.15) is 0 Å². The lowest BCUT2D eigenvalue weighted by atomic mass is 10.1. The zero-order valence-electron chi connectivity index (χ0n) is 22.2. The van der Waals surface area contributed by atoms with Gasteiger partial charge in [0.2, 0.25) is 23.6 Å². The summed E-state index contributed by atoms with van der Waals surface area (Å²) in [6.07, 6.45) is 1.40. The summed E-state index contributed by atoms with van der Waals surface area (Å²) in [6.45, 7) is 4.42. The molecule has 8 N–H and O–H groups in total. The Kier molecular flexibility index (Phi) is 19.0. The Morgan fingerprint density at radius 2 is 1.05 bits per heavy atom. The highest BCUT2D eigenvalue weighted by atomic mass is 16.4. The molecule has 0 heterocycles. The van der Waals surface area contributed by atoms with Crippen LogP contribution in [0.5, 0.6) is 0 Å². The third-order valence-electron chi connectivity index (χ3n) is 5.35. The van der Waals surface area contributed by atoms with E-state index < -0.39 is 42.1 Å². The Morgan fingerprint density at radius 3 is 1.50 bits per heavy atom. The van der Waals surface area contributed by atoms with E-state index in [9.17, 15) is 39.0 Å². The molecular weight excluding hydrogens is 502 g/mol. The summed E-state index contributed by atoms with van der Waals surface area (Å²) in [4.78, 5) is 70.1. The van der Waals surface area contributed by atoms with E-state index in [4.69, 9.17) is 5.11 Å². The van der Waals surface area contributed by atoms with Crippen LogP contribution >= 0.6 is 0 Å². The van der Waals surface area contributed by atoms with Crippen molar-refractivity contribution in [1.82, 2.24) is 26.6 Å². The highest BCUT2D eigenvalue weighted by molar-refractivity contribution is 5.84. The zero-order valence-corrected chi connectivity index (χ0v) is 22.2. The molecule has 14 heteroatoms. The first kappa shape index (κ1) is 34.7. The zero-order chi connectivity index (χ0) is 28.9. The Hall–Kier alpha value is -3.26. The van der Waals surface area contributed by atoms with Crippen molar-refractivity contribution in [3.63, 3.8) is 0 Å². The van der Waals surface area contributed by atoms with Crippen LogP contribution in [0.3, 0.4) is 0 Å². The number of carboxylic acid groups (broad SMARTS) is 2. The van der Waals surface area contributed by atoms with E-state index in [1.54, 1.807) is 0 Å². The molecule has 218 valence electrons. The number of carbonyl (C=O) groups is 6. The molecule has 0 spiro atoms. The molecule has 0 aliphatic carbocycles. The molecule has 0 aromatic heterocycles. The number of hydrogen-bond acceptors (Lipinski definition) is 8. The number of aliphatic hydroxyl groups is 1. The number of unbranched alkanes of at least 4 members (excludes halogenated alkanes) is 1. The molecule has 0 aliphatic rings. The van der Waals surface area contributed by atoms with Crippen molar-refractivity contribution in [3.05, 3.63) is 0 Å². The van der Waals surface area contributed by atoms with E-state index in [0.29, 0.717) is 13.0 Å². The van der Waals surface area contributed by atoms with Gasteiger partial charge < -0.3 is 36.6 Å². The van der Waals surface area contributed by atoms with Crippen molar-refractivity contribution in [1.29, 1.82) is 0 Å². The van der Waals surface area contributed by atoms with Crippen molar-refractivity contribution < 1.29 is 44.1 Å². The topological polar surface area (TPSA) is 223 Å². The fraction of sp³-hybridized carbons (Fsp3) is 0.750. The second-order valence-electron chi connectivity index (χ2n) is 8.88. The van der Waals surface area contributed by atoms with E-state index in [1.807, 2.05) is 6.92 Å². The molecule has 0 aromatic carbocycles. The normalized spacial score (nSPS) is 13.0. The van der Waals surface area contributed by atoms with Gasteiger partial charge in [0, 0.05) is 45.3 Å². The van der Waals surface area contributed by atoms with Crippen LogP contribution in [0.15, 0.2) is 0 Å². The van der Waals surface area contributed by atoms with Crippen molar-refractivity contribution in [2.24, 2.45) is 0 Å². The quantitative estimate of drug-likeness (QED) is 0.0625. The number of aliphatic carboxylic acids is 2. The number of carboxylic acids is 2. The fourth-order valence-electron chi connectivity index (χ4n) is 3.27. The van der Waals surface area contributed by atoms with E-state index in [0.717, 1.165) is 12.8 Å². The van der Waals surface area contributed by atoms with Gasteiger partial charge in [-0.15, -0.1) is 0 Å². The number of rotatable bonds is 22. The Morgan fingerprint density at radius 1 is 0.632 bits per heavy atom. The van der Waals surface area contributed by atoms with Crippen LogP contribution in [-0.2, 0) is 28.8 Å². The number of hydrogen-bond donors (Lipinski definition) is 8. The van der Waals surface area contributed by atoms with E-state index in [-0.39, 0.29) is 69.8 Å². The highest BCUT2D eigenvalue weighted by Gasteiger charge is 2.21. The second-order valence-corrected chi connectivity index (χ2v) is 8.88. The van der Waals surface area contributed by atoms with E-state index in [2.05, 4.69) is 26.6 Å². The lowest BCUT2D eigenvalue weighted by molar-refractivity contribution is -0.142. The third-order valence-corrected chi connectivity index (χ3v) is 5.35. The summed E-state index contributed by atoms with van der Waals surface area (Å²) >= 11 is 0. The molecule has 3 atom stereocenters. The molecule has 0 radical (unpaired) electrons. The number of amides is 4. The number of aliphatic hydroxyl groups excluding tert-OH is 1. The van der Waals surface area contributed by atoms with Crippen molar-refractivity contribution in [2.75, 3.05) is 19.6 Å². The van der Waals surface area contributed by atoms with E-state index >= 15 is 0 Å². The first-order valence-corrected chi connectivity index (χ1v) is 12.9. The SMILES string of the molecule is CCCCNC(=O)CCCNC(=O)CCC(NC(=O)CCCNC(=O)CCC(NC(C)O)C(=O)O)C(=O)O. The fourth-order valence-corrected chi connectivity index (χ4v) is 3.27. The molecule has 0 fully saturated rings. The number of carbonyl (C=O) groups excluding carboxylic acids is 4. The Balaban J connectivity index is 4.15. The minimum atomic E-state index is -1.28. The van der Waals surface area contributed by atoms with Gasteiger partial charge in [0.05, 0.1) is 0 Å². The Bertz CT molecular complexity index is 776.